The smallest absolute Gasteiger partial charge is 0.405 e. The van der Waals surface area contributed by atoms with Crippen molar-refractivity contribution in [1.29, 1.82) is 0 Å². The molecule has 0 bridgehead atoms. The minimum atomic E-state index is -1.32. The molecular weight excluding hydrogens is 785 g/mol. The molecule has 0 radical (unpaired) electrons. The summed E-state index contributed by atoms with van der Waals surface area (Å²) in [5, 5.41) is 29.8. The van der Waals surface area contributed by atoms with Crippen LogP contribution < -0.4 is 16.1 Å². The Balaban J connectivity index is 1.25. The number of carbonyl (C=O) groups is 4. The normalized spacial score (nSPS) is 15.7. The van der Waals surface area contributed by atoms with Crippen LogP contribution in [0.2, 0.25) is 0 Å². The molecule has 1 aliphatic rings. The Hall–Kier alpha value is -6.38. The Labute approximate surface area is 363 Å². The van der Waals surface area contributed by atoms with Gasteiger partial charge in [-0.3, -0.25) is 25.0 Å². The van der Waals surface area contributed by atoms with Gasteiger partial charge in [-0.1, -0.05) is 119 Å². The van der Waals surface area contributed by atoms with Gasteiger partial charge in [-0.25, -0.2) is 14.6 Å². The van der Waals surface area contributed by atoms with Gasteiger partial charge >= 0.3 is 12.1 Å². The Morgan fingerprint density at radius 1 is 0.790 bits per heavy atom. The monoisotopic (exact) mass is 842 g/mol. The molecule has 0 aliphatic carbocycles. The quantitative estimate of drug-likeness (QED) is 0.0566. The van der Waals surface area contributed by atoms with Crippen molar-refractivity contribution in [2.45, 2.75) is 84.3 Å². The third kappa shape index (κ3) is 11.5. The Morgan fingerprint density at radius 2 is 1.52 bits per heavy atom. The van der Waals surface area contributed by atoms with Gasteiger partial charge in [0, 0.05) is 56.7 Å². The molecule has 326 valence electrons. The van der Waals surface area contributed by atoms with Crippen LogP contribution in [0.3, 0.4) is 0 Å². The summed E-state index contributed by atoms with van der Waals surface area (Å²) < 4.78 is 0. The van der Waals surface area contributed by atoms with Gasteiger partial charge in [0.15, 0.2) is 0 Å². The summed E-state index contributed by atoms with van der Waals surface area (Å²) in [5.74, 6) is -1.49. The molecule has 2 aromatic heterocycles. The van der Waals surface area contributed by atoms with Crippen molar-refractivity contribution in [3.8, 4) is 11.1 Å². The van der Waals surface area contributed by atoms with E-state index in [2.05, 4.69) is 26.0 Å². The first-order valence-electron chi connectivity index (χ1n) is 21.4. The summed E-state index contributed by atoms with van der Waals surface area (Å²) in [4.78, 5) is 66.5. The second-order valence-corrected chi connectivity index (χ2v) is 16.2. The summed E-state index contributed by atoms with van der Waals surface area (Å²) in [5.41, 5.74) is 8.28. The SMILES string of the molecule is CCC(C)C(NC(=O)O)C(=O)NN(Cc1ccc(-c2cccnc2)cc1)CC(O)C(Cc1ccccc1)NC(=O)C(C(C)CC)N1CCN(Cc2ccnc3ccccc23)C1=O. The number of hydrazine groups is 1. The Morgan fingerprint density at radius 3 is 2.21 bits per heavy atom. The number of para-hydroxylation sites is 1. The van der Waals surface area contributed by atoms with Crippen molar-refractivity contribution in [3.63, 3.8) is 0 Å². The molecule has 5 aromatic rings. The van der Waals surface area contributed by atoms with Crippen LogP contribution in [0.15, 0.2) is 116 Å². The van der Waals surface area contributed by atoms with E-state index in [1.54, 1.807) is 40.3 Å². The van der Waals surface area contributed by atoms with E-state index < -0.39 is 36.2 Å². The number of nitrogens with one attached hydrogen (secondary N) is 3. The van der Waals surface area contributed by atoms with Crippen molar-refractivity contribution < 1.29 is 29.4 Å². The minimum Gasteiger partial charge on any atom is -0.465 e. The zero-order chi connectivity index (χ0) is 44.2. The summed E-state index contributed by atoms with van der Waals surface area (Å²) in [6.45, 7) is 8.81. The van der Waals surface area contributed by atoms with Crippen LogP contribution in [0, 0.1) is 11.8 Å². The van der Waals surface area contributed by atoms with Crippen LogP contribution in [0.25, 0.3) is 22.0 Å². The number of aromatic nitrogens is 2. The first-order chi connectivity index (χ1) is 29.9. The number of hydrogen-bond acceptors (Lipinski definition) is 8. The molecule has 6 atom stereocenters. The number of rotatable bonds is 20. The number of hydrogen-bond donors (Lipinski definition) is 5. The number of aliphatic hydroxyl groups is 1. The number of benzene rings is 3. The number of urea groups is 1. The van der Waals surface area contributed by atoms with Gasteiger partial charge in [-0.15, -0.1) is 0 Å². The first kappa shape index (κ1) is 45.2. The van der Waals surface area contributed by atoms with Crippen molar-refractivity contribution in [1.82, 2.24) is 40.8 Å². The molecule has 1 fully saturated rings. The highest BCUT2D eigenvalue weighted by molar-refractivity contribution is 5.89. The van der Waals surface area contributed by atoms with Crippen LogP contribution in [0.5, 0.6) is 0 Å². The predicted molar refractivity (Wildman–Crippen MR) is 238 cm³/mol. The van der Waals surface area contributed by atoms with E-state index in [0.717, 1.165) is 38.7 Å². The fourth-order valence-electron chi connectivity index (χ4n) is 7.97. The number of carbonyl (C=O) groups excluding carboxylic acids is 3. The maximum Gasteiger partial charge on any atom is 0.405 e. The zero-order valence-corrected chi connectivity index (χ0v) is 35.9. The fourth-order valence-corrected chi connectivity index (χ4v) is 7.97. The largest absolute Gasteiger partial charge is 0.465 e. The second-order valence-electron chi connectivity index (χ2n) is 16.2. The molecule has 5 N–H and O–H groups in total. The molecule has 0 spiro atoms. The van der Waals surface area contributed by atoms with Gasteiger partial charge in [0.1, 0.15) is 12.1 Å². The van der Waals surface area contributed by atoms with Crippen molar-refractivity contribution >= 4 is 34.8 Å². The lowest BCUT2D eigenvalue weighted by Gasteiger charge is -2.35. The highest BCUT2D eigenvalue weighted by Gasteiger charge is 2.41. The molecule has 6 unspecified atom stereocenters. The van der Waals surface area contributed by atoms with Gasteiger partial charge in [-0.05, 0) is 64.3 Å². The molecule has 62 heavy (non-hydrogen) atoms. The topological polar surface area (TPSA) is 180 Å². The summed E-state index contributed by atoms with van der Waals surface area (Å²) in [6.07, 6.45) is 4.10. The number of fused-ring (bicyclic) bond motifs is 1. The minimum absolute atomic E-state index is 0.127. The van der Waals surface area contributed by atoms with Crippen LogP contribution in [0.4, 0.5) is 9.59 Å². The van der Waals surface area contributed by atoms with Crippen LogP contribution in [-0.4, -0.2) is 103 Å². The van der Waals surface area contributed by atoms with Crippen LogP contribution in [-0.2, 0) is 29.1 Å². The summed E-state index contributed by atoms with van der Waals surface area (Å²) in [6, 6.07) is 27.8. The predicted octanol–water partition coefficient (Wildman–Crippen LogP) is 6.25. The standard InChI is InChI=1S/C48H58N8O6/c1-5-32(3)43(52-47(60)61)45(58)53-55(29-35-18-20-36(21-19-35)37-15-12-23-49-28-37)31-42(57)41(27-34-13-8-7-9-14-34)51-46(59)44(33(4)6-2)56-26-25-54(48(56)62)30-38-22-24-50-40-17-11-10-16-39(38)40/h7-24,28,32-33,41-44,52,57H,5-6,25-27,29-31H2,1-4H3,(H,51,59)(H,53,58)(H,60,61). The molecule has 3 heterocycles. The molecular formula is C48H58N8O6. The average molecular weight is 843 g/mol. The maximum absolute atomic E-state index is 14.6. The van der Waals surface area contributed by atoms with E-state index in [-0.39, 0.29) is 43.3 Å². The molecule has 5 amide bonds. The van der Waals surface area contributed by atoms with Crippen LogP contribution in [0.1, 0.15) is 57.2 Å². The highest BCUT2D eigenvalue weighted by atomic mass is 16.4. The molecule has 3 aromatic carbocycles. The van der Waals surface area contributed by atoms with E-state index in [1.165, 1.54) is 0 Å². The molecule has 14 heteroatoms. The Bertz CT molecular complexity index is 2260. The molecule has 1 aliphatic heterocycles. The molecule has 1 saturated heterocycles. The number of aliphatic hydroxyl groups excluding tert-OH is 1. The number of nitrogens with zero attached hydrogens (tertiary/aromatic N) is 5. The van der Waals surface area contributed by atoms with Gasteiger partial charge in [-0.2, -0.15) is 0 Å². The van der Waals surface area contributed by atoms with E-state index in [0.29, 0.717) is 32.5 Å². The van der Waals surface area contributed by atoms with Crippen LogP contribution >= 0.6 is 0 Å². The maximum atomic E-state index is 14.6. The van der Waals surface area contributed by atoms with Gasteiger partial charge in [0.05, 0.1) is 17.7 Å². The zero-order valence-electron chi connectivity index (χ0n) is 35.9. The van der Waals surface area contributed by atoms with Gasteiger partial charge < -0.3 is 30.6 Å². The van der Waals surface area contributed by atoms with Crippen molar-refractivity contribution in [2.24, 2.45) is 11.8 Å². The highest BCUT2D eigenvalue weighted by Crippen LogP contribution is 2.26. The second kappa shape index (κ2) is 21.4. The van der Waals surface area contributed by atoms with Gasteiger partial charge in [0.25, 0.3) is 5.91 Å². The number of carboxylic acid groups (broad SMARTS) is 1. The molecule has 14 nitrogen and oxygen atoms in total. The van der Waals surface area contributed by atoms with E-state index >= 15 is 0 Å². The lowest BCUT2D eigenvalue weighted by molar-refractivity contribution is -0.132. The summed E-state index contributed by atoms with van der Waals surface area (Å²) >= 11 is 0. The van der Waals surface area contributed by atoms with Crippen molar-refractivity contribution in [2.75, 3.05) is 19.6 Å². The third-order valence-corrected chi connectivity index (χ3v) is 11.9. The van der Waals surface area contributed by atoms with E-state index in [1.807, 2.05) is 118 Å². The third-order valence-electron chi connectivity index (χ3n) is 11.9. The van der Waals surface area contributed by atoms with E-state index in [4.69, 9.17) is 0 Å². The first-order valence-corrected chi connectivity index (χ1v) is 21.4. The average Bonchev–Trinajstić information content (AvgIpc) is 3.63. The summed E-state index contributed by atoms with van der Waals surface area (Å²) in [7, 11) is 0. The molecule has 6 rings (SSSR count). The fraction of sp³-hybridized carbons (Fsp3) is 0.375. The van der Waals surface area contributed by atoms with E-state index in [9.17, 15) is 29.4 Å². The van der Waals surface area contributed by atoms with Crippen molar-refractivity contribution in [3.05, 3.63) is 132 Å². The number of amides is 5. The molecule has 0 saturated carbocycles. The lowest BCUT2D eigenvalue weighted by Crippen LogP contribution is -2.59. The number of pyridine rings is 2. The van der Waals surface area contributed by atoms with Gasteiger partial charge in [0.2, 0.25) is 5.91 Å². The Kier molecular flexibility index (Phi) is 15.6. The lowest BCUT2D eigenvalue weighted by atomic mass is 9.95.